The first-order valence-corrected chi connectivity index (χ1v) is 4.68. The maximum atomic E-state index is 8.60. The quantitative estimate of drug-likeness (QED) is 0.649. The number of aliphatic hydroxyl groups is 1. The van der Waals surface area contributed by atoms with Gasteiger partial charge >= 0.3 is 0 Å². The lowest BCUT2D eigenvalue weighted by atomic mass is 9.94. The van der Waals surface area contributed by atoms with Gasteiger partial charge in [-0.3, -0.25) is 0 Å². The monoisotopic (exact) mass is 146 g/mol. The molecule has 2 heteroatoms. The maximum Gasteiger partial charge on any atom is 0.0433 e. The van der Waals surface area contributed by atoms with Crippen molar-refractivity contribution in [3.8, 4) is 0 Å². The van der Waals surface area contributed by atoms with E-state index in [9.17, 15) is 0 Å². The highest BCUT2D eigenvalue weighted by Crippen LogP contribution is 2.32. The summed E-state index contributed by atoms with van der Waals surface area (Å²) in [6.45, 7) is 2.60. The summed E-state index contributed by atoms with van der Waals surface area (Å²) in [6.07, 6.45) is 0.991. The van der Waals surface area contributed by atoms with E-state index in [0.717, 1.165) is 18.3 Å². The normalized spacial score (nSPS) is 23.3. The molecule has 0 aromatic rings. The molecule has 0 aliphatic carbocycles. The number of hydrogen-bond donors (Lipinski definition) is 1. The van der Waals surface area contributed by atoms with Gasteiger partial charge in [-0.1, -0.05) is 6.92 Å². The number of rotatable bonds is 3. The second-order valence-electron chi connectivity index (χ2n) is 2.79. The Morgan fingerprint density at radius 1 is 1.67 bits per heavy atom. The van der Waals surface area contributed by atoms with E-state index in [-0.39, 0.29) is 0 Å². The molecule has 0 spiro atoms. The van der Waals surface area contributed by atoms with Gasteiger partial charge in [0.05, 0.1) is 0 Å². The topological polar surface area (TPSA) is 20.2 Å². The van der Waals surface area contributed by atoms with E-state index < -0.39 is 0 Å². The molecule has 54 valence electrons. The van der Waals surface area contributed by atoms with Crippen molar-refractivity contribution in [1.82, 2.24) is 0 Å². The molecule has 0 aromatic carbocycles. The summed E-state index contributed by atoms with van der Waals surface area (Å²) in [6, 6.07) is 0. The summed E-state index contributed by atoms with van der Waals surface area (Å²) in [5, 5.41) is 8.60. The molecular weight excluding hydrogens is 132 g/mol. The molecule has 1 fully saturated rings. The Balaban J connectivity index is 2.08. The summed E-state index contributed by atoms with van der Waals surface area (Å²) in [7, 11) is 0. The molecule has 1 N–H and O–H groups in total. The third-order valence-corrected chi connectivity index (χ3v) is 3.38. The molecule has 1 heterocycles. The highest BCUT2D eigenvalue weighted by Gasteiger charge is 2.23. The summed E-state index contributed by atoms with van der Waals surface area (Å²) in [5.41, 5.74) is 0. The van der Waals surface area contributed by atoms with Gasteiger partial charge in [-0.2, -0.15) is 11.8 Å². The standard InChI is InChI=1S/C7H14OS/c1-6(2-3-8)7-4-9-5-7/h6-8H,2-5H2,1H3. The fraction of sp³-hybridized carbons (Fsp3) is 1.00. The van der Waals surface area contributed by atoms with Crippen LogP contribution in [0.3, 0.4) is 0 Å². The van der Waals surface area contributed by atoms with Gasteiger partial charge < -0.3 is 5.11 Å². The predicted octanol–water partition coefficient (Wildman–Crippen LogP) is 1.37. The molecule has 1 aliphatic rings. The molecule has 0 amide bonds. The highest BCUT2D eigenvalue weighted by atomic mass is 32.2. The number of hydrogen-bond acceptors (Lipinski definition) is 2. The van der Waals surface area contributed by atoms with Crippen LogP contribution in [-0.4, -0.2) is 23.2 Å². The molecule has 0 bridgehead atoms. The summed E-state index contributed by atoms with van der Waals surface area (Å²) in [5.74, 6) is 4.29. The van der Waals surface area contributed by atoms with E-state index in [2.05, 4.69) is 6.92 Å². The third-order valence-electron chi connectivity index (χ3n) is 2.05. The zero-order valence-electron chi connectivity index (χ0n) is 5.84. The third kappa shape index (κ3) is 1.87. The van der Waals surface area contributed by atoms with Crippen LogP contribution in [0.25, 0.3) is 0 Å². The van der Waals surface area contributed by atoms with E-state index >= 15 is 0 Å². The van der Waals surface area contributed by atoms with Gasteiger partial charge in [0.15, 0.2) is 0 Å². The Morgan fingerprint density at radius 2 is 2.33 bits per heavy atom. The fourth-order valence-corrected chi connectivity index (χ4v) is 2.19. The molecule has 1 nitrogen and oxygen atoms in total. The first kappa shape index (κ1) is 7.42. The molecule has 1 rings (SSSR count). The summed E-state index contributed by atoms with van der Waals surface area (Å²) >= 11 is 2.02. The van der Waals surface area contributed by atoms with E-state index in [1.165, 1.54) is 11.5 Å². The van der Waals surface area contributed by atoms with E-state index in [1.807, 2.05) is 11.8 Å². The van der Waals surface area contributed by atoms with Crippen molar-refractivity contribution < 1.29 is 5.11 Å². The zero-order chi connectivity index (χ0) is 6.69. The van der Waals surface area contributed by atoms with E-state index in [0.29, 0.717) is 6.61 Å². The average molecular weight is 146 g/mol. The van der Waals surface area contributed by atoms with Crippen LogP contribution in [0.4, 0.5) is 0 Å². The van der Waals surface area contributed by atoms with Crippen molar-refractivity contribution in [1.29, 1.82) is 0 Å². The van der Waals surface area contributed by atoms with Gasteiger partial charge in [0.25, 0.3) is 0 Å². The smallest absolute Gasteiger partial charge is 0.0433 e. The van der Waals surface area contributed by atoms with Gasteiger partial charge in [-0.15, -0.1) is 0 Å². The van der Waals surface area contributed by atoms with E-state index in [1.54, 1.807) is 0 Å². The van der Waals surface area contributed by atoms with Gasteiger partial charge in [-0.05, 0) is 29.8 Å². The minimum Gasteiger partial charge on any atom is -0.396 e. The summed E-state index contributed by atoms with van der Waals surface area (Å²) in [4.78, 5) is 0. The highest BCUT2D eigenvalue weighted by molar-refractivity contribution is 8.00. The molecule has 0 aromatic heterocycles. The minimum absolute atomic E-state index is 0.363. The zero-order valence-corrected chi connectivity index (χ0v) is 6.66. The fourth-order valence-electron chi connectivity index (χ4n) is 1.02. The second kappa shape index (κ2) is 3.47. The van der Waals surface area contributed by atoms with Crippen molar-refractivity contribution in [2.45, 2.75) is 13.3 Å². The minimum atomic E-state index is 0.363. The molecular formula is C7H14OS. The van der Waals surface area contributed by atoms with Crippen LogP contribution in [0, 0.1) is 11.8 Å². The van der Waals surface area contributed by atoms with Crippen LogP contribution in [0.1, 0.15) is 13.3 Å². The van der Waals surface area contributed by atoms with Crippen LogP contribution < -0.4 is 0 Å². The van der Waals surface area contributed by atoms with Gasteiger partial charge in [0.1, 0.15) is 0 Å². The lowest BCUT2D eigenvalue weighted by molar-refractivity contribution is 0.240. The van der Waals surface area contributed by atoms with Crippen molar-refractivity contribution in [2.24, 2.45) is 11.8 Å². The lowest BCUT2D eigenvalue weighted by Crippen LogP contribution is -2.25. The van der Waals surface area contributed by atoms with Crippen molar-refractivity contribution >= 4 is 11.8 Å². The van der Waals surface area contributed by atoms with Crippen molar-refractivity contribution in [2.75, 3.05) is 18.1 Å². The Hall–Kier alpha value is 0.310. The Bertz CT molecular complexity index is 81.0. The van der Waals surface area contributed by atoms with Gasteiger partial charge in [-0.25, -0.2) is 0 Å². The van der Waals surface area contributed by atoms with Gasteiger partial charge in [0, 0.05) is 6.61 Å². The van der Waals surface area contributed by atoms with E-state index in [4.69, 9.17) is 5.11 Å². The first-order valence-electron chi connectivity index (χ1n) is 3.53. The largest absolute Gasteiger partial charge is 0.396 e. The van der Waals surface area contributed by atoms with Crippen molar-refractivity contribution in [3.05, 3.63) is 0 Å². The first-order chi connectivity index (χ1) is 4.34. The second-order valence-corrected chi connectivity index (χ2v) is 3.86. The molecule has 1 atom stereocenters. The molecule has 1 aliphatic heterocycles. The van der Waals surface area contributed by atoms with Crippen LogP contribution in [-0.2, 0) is 0 Å². The Morgan fingerprint density at radius 3 is 2.67 bits per heavy atom. The molecule has 9 heavy (non-hydrogen) atoms. The van der Waals surface area contributed by atoms with Crippen molar-refractivity contribution in [3.63, 3.8) is 0 Å². The van der Waals surface area contributed by atoms with Crippen LogP contribution in [0.15, 0.2) is 0 Å². The molecule has 1 unspecified atom stereocenters. The van der Waals surface area contributed by atoms with Crippen LogP contribution >= 0.6 is 11.8 Å². The maximum absolute atomic E-state index is 8.60. The average Bonchev–Trinajstić information content (AvgIpc) is 1.60. The molecule has 0 saturated carbocycles. The van der Waals surface area contributed by atoms with Gasteiger partial charge in [0.2, 0.25) is 0 Å². The number of aliphatic hydroxyl groups excluding tert-OH is 1. The summed E-state index contributed by atoms with van der Waals surface area (Å²) < 4.78 is 0. The Kier molecular flexibility index (Phi) is 2.86. The van der Waals surface area contributed by atoms with Crippen LogP contribution in [0.2, 0.25) is 0 Å². The Labute approximate surface area is 60.8 Å². The molecule has 0 radical (unpaired) electrons. The molecule has 1 saturated heterocycles. The lowest BCUT2D eigenvalue weighted by Gasteiger charge is -2.30. The number of thioether (sulfide) groups is 1. The van der Waals surface area contributed by atoms with Crippen LogP contribution in [0.5, 0.6) is 0 Å². The predicted molar refractivity (Wildman–Crippen MR) is 41.7 cm³/mol. The SMILES string of the molecule is CC(CCO)C1CSC1.